The zero-order chi connectivity index (χ0) is 20.6. The molecule has 2 aliphatic rings. The number of nitrogens with zero attached hydrogens (tertiary/aromatic N) is 1. The molecule has 29 heavy (non-hydrogen) atoms. The Balaban J connectivity index is 1.72. The van der Waals surface area contributed by atoms with Gasteiger partial charge in [-0.3, -0.25) is 14.4 Å². The molecule has 0 spiro atoms. The number of benzene rings is 1. The molecule has 1 atom stereocenters. The van der Waals surface area contributed by atoms with Crippen molar-refractivity contribution in [3.8, 4) is 5.75 Å². The highest BCUT2D eigenvalue weighted by atomic mass is 16.5. The summed E-state index contributed by atoms with van der Waals surface area (Å²) in [5, 5.41) is 5.70. The van der Waals surface area contributed by atoms with Gasteiger partial charge in [0.15, 0.2) is 0 Å². The molecule has 2 aliphatic heterocycles. The number of hydrogen-bond acceptors (Lipinski definition) is 5. The lowest BCUT2D eigenvalue weighted by Gasteiger charge is -2.25. The van der Waals surface area contributed by atoms with Crippen molar-refractivity contribution in [1.29, 1.82) is 0 Å². The average Bonchev–Trinajstić information content (AvgIpc) is 3.24. The van der Waals surface area contributed by atoms with Crippen LogP contribution in [0.3, 0.4) is 0 Å². The van der Waals surface area contributed by atoms with E-state index < -0.39 is 6.10 Å². The lowest BCUT2D eigenvalue weighted by atomic mass is 10.1. The number of hydrogen-bond donors (Lipinski definition) is 2. The quantitative estimate of drug-likeness (QED) is 0.730. The molecule has 8 nitrogen and oxygen atoms in total. The largest absolute Gasteiger partial charge is 0.491 e. The molecule has 0 aromatic heterocycles. The Morgan fingerprint density at radius 1 is 1.10 bits per heavy atom. The van der Waals surface area contributed by atoms with Crippen LogP contribution in [0.15, 0.2) is 18.2 Å². The number of amides is 3. The monoisotopic (exact) mass is 403 g/mol. The van der Waals surface area contributed by atoms with Crippen LogP contribution < -0.4 is 15.4 Å². The Hall–Kier alpha value is -2.61. The predicted octanol–water partition coefficient (Wildman–Crippen LogP) is 1.02. The van der Waals surface area contributed by atoms with Gasteiger partial charge in [-0.05, 0) is 38.3 Å². The van der Waals surface area contributed by atoms with Crippen molar-refractivity contribution in [2.24, 2.45) is 0 Å². The molecular weight excluding hydrogens is 374 g/mol. The highest BCUT2D eigenvalue weighted by molar-refractivity contribution is 5.97. The lowest BCUT2D eigenvalue weighted by Crippen LogP contribution is -2.44. The molecule has 1 aromatic carbocycles. The van der Waals surface area contributed by atoms with Crippen molar-refractivity contribution in [2.75, 3.05) is 39.4 Å². The fourth-order valence-electron chi connectivity index (χ4n) is 3.53. The molecule has 8 heteroatoms. The molecule has 1 fully saturated rings. The minimum Gasteiger partial charge on any atom is -0.491 e. The summed E-state index contributed by atoms with van der Waals surface area (Å²) in [5.41, 5.74) is 1.40. The molecule has 0 aliphatic carbocycles. The van der Waals surface area contributed by atoms with Gasteiger partial charge >= 0.3 is 0 Å². The number of aryl methyl sites for hydroxylation is 1. The second-order valence-electron chi connectivity index (χ2n) is 7.38. The maximum Gasteiger partial charge on any atom is 0.255 e. The Kier molecular flexibility index (Phi) is 7.46. The number of ether oxygens (including phenoxy) is 2. The van der Waals surface area contributed by atoms with E-state index in [1.165, 1.54) is 0 Å². The van der Waals surface area contributed by atoms with Gasteiger partial charge in [0.05, 0.1) is 12.1 Å². The summed E-state index contributed by atoms with van der Waals surface area (Å²) in [7, 11) is 0. The third-order valence-electron chi connectivity index (χ3n) is 5.08. The third-order valence-corrected chi connectivity index (χ3v) is 5.08. The van der Waals surface area contributed by atoms with E-state index in [1.807, 2.05) is 13.0 Å². The minimum atomic E-state index is -0.418. The second-order valence-corrected chi connectivity index (χ2v) is 7.38. The van der Waals surface area contributed by atoms with Crippen LogP contribution in [0.25, 0.3) is 0 Å². The molecule has 158 valence electrons. The van der Waals surface area contributed by atoms with Crippen molar-refractivity contribution in [3.05, 3.63) is 29.3 Å². The zero-order valence-electron chi connectivity index (χ0n) is 16.9. The van der Waals surface area contributed by atoms with Gasteiger partial charge in [-0.15, -0.1) is 0 Å². The third kappa shape index (κ3) is 5.93. The topological polar surface area (TPSA) is 97.0 Å². The van der Waals surface area contributed by atoms with Crippen molar-refractivity contribution in [2.45, 2.75) is 38.7 Å². The van der Waals surface area contributed by atoms with Crippen LogP contribution in [0.1, 0.15) is 41.6 Å². The van der Waals surface area contributed by atoms with E-state index in [4.69, 9.17) is 9.47 Å². The molecular formula is C21H29N3O5. The fourth-order valence-corrected chi connectivity index (χ4v) is 3.53. The second kappa shape index (κ2) is 10.2. The van der Waals surface area contributed by atoms with Gasteiger partial charge in [0.2, 0.25) is 5.91 Å². The minimum absolute atomic E-state index is 0.0685. The van der Waals surface area contributed by atoms with Crippen molar-refractivity contribution in [1.82, 2.24) is 15.5 Å². The molecule has 0 radical (unpaired) electrons. The summed E-state index contributed by atoms with van der Waals surface area (Å²) in [6, 6.07) is 5.41. The van der Waals surface area contributed by atoms with Gasteiger partial charge in [-0.2, -0.15) is 0 Å². The van der Waals surface area contributed by atoms with Gasteiger partial charge in [0, 0.05) is 32.7 Å². The first-order chi connectivity index (χ1) is 14.0. The first-order valence-corrected chi connectivity index (χ1v) is 10.2. The average molecular weight is 403 g/mol. The molecule has 1 saturated heterocycles. The number of rotatable bonds is 1. The Bertz CT molecular complexity index is 746. The molecule has 2 N–H and O–H groups in total. The SMILES string of the molecule is Cc1ccc2c(c1)C(=O)NCCN(C(=O)[C@@H]1CCCO1)CCCC(=O)NCCO2. The highest BCUT2D eigenvalue weighted by Gasteiger charge is 2.28. The van der Waals surface area contributed by atoms with Gasteiger partial charge in [-0.25, -0.2) is 0 Å². The molecule has 0 saturated carbocycles. The summed E-state index contributed by atoms with van der Waals surface area (Å²) in [6.07, 6.45) is 2.06. The van der Waals surface area contributed by atoms with E-state index in [0.717, 1.165) is 12.0 Å². The van der Waals surface area contributed by atoms with Crippen LogP contribution in [0, 0.1) is 6.92 Å². The summed E-state index contributed by atoms with van der Waals surface area (Å²) in [6.45, 7) is 4.27. The van der Waals surface area contributed by atoms with Crippen molar-refractivity contribution < 1.29 is 23.9 Å². The first kappa shape index (κ1) is 21.1. The van der Waals surface area contributed by atoms with Crippen LogP contribution in [-0.2, 0) is 14.3 Å². The van der Waals surface area contributed by atoms with Gasteiger partial charge in [0.25, 0.3) is 11.8 Å². The number of carbonyl (C=O) groups is 3. The van der Waals surface area contributed by atoms with E-state index in [2.05, 4.69) is 10.6 Å². The van der Waals surface area contributed by atoms with Crippen molar-refractivity contribution in [3.63, 3.8) is 0 Å². The molecule has 0 unspecified atom stereocenters. The summed E-state index contributed by atoms with van der Waals surface area (Å²) in [4.78, 5) is 39.2. The Labute approximate surface area is 170 Å². The fraction of sp³-hybridized carbons (Fsp3) is 0.571. The van der Waals surface area contributed by atoms with Gasteiger partial charge in [0.1, 0.15) is 18.5 Å². The normalized spacial score (nSPS) is 21.8. The highest BCUT2D eigenvalue weighted by Crippen LogP contribution is 2.20. The smallest absolute Gasteiger partial charge is 0.255 e. The van der Waals surface area contributed by atoms with E-state index in [0.29, 0.717) is 63.4 Å². The summed E-state index contributed by atoms with van der Waals surface area (Å²) in [5.74, 6) is 0.0870. The maximum atomic E-state index is 12.8. The molecule has 1 aromatic rings. The number of nitrogens with one attached hydrogen (secondary N) is 2. The van der Waals surface area contributed by atoms with Gasteiger partial charge < -0.3 is 25.0 Å². The molecule has 3 amide bonds. The summed E-state index contributed by atoms with van der Waals surface area (Å²) < 4.78 is 11.2. The van der Waals surface area contributed by atoms with Crippen LogP contribution in [0.5, 0.6) is 5.75 Å². The van der Waals surface area contributed by atoms with Crippen LogP contribution in [0.4, 0.5) is 0 Å². The molecule has 3 rings (SSSR count). The Morgan fingerprint density at radius 2 is 1.97 bits per heavy atom. The van der Waals surface area contributed by atoms with Crippen molar-refractivity contribution >= 4 is 17.7 Å². The first-order valence-electron chi connectivity index (χ1n) is 10.2. The maximum absolute atomic E-state index is 12.8. The molecule has 2 heterocycles. The predicted molar refractivity (Wildman–Crippen MR) is 107 cm³/mol. The lowest BCUT2D eigenvalue weighted by molar-refractivity contribution is -0.141. The van der Waals surface area contributed by atoms with Gasteiger partial charge in [-0.1, -0.05) is 11.6 Å². The Morgan fingerprint density at radius 3 is 2.76 bits per heavy atom. The molecule has 0 bridgehead atoms. The summed E-state index contributed by atoms with van der Waals surface area (Å²) >= 11 is 0. The van der Waals surface area contributed by atoms with Crippen LogP contribution in [0.2, 0.25) is 0 Å². The standard InChI is InChI=1S/C21H29N3O5/c1-15-6-7-17-16(14-15)20(26)23-8-11-24(21(27)18-4-3-12-28-18)10-2-5-19(25)22-9-13-29-17/h6-7,14,18H,2-5,8-13H2,1H3,(H,22,25)(H,23,26)/t18-/m0/s1. The van der Waals surface area contributed by atoms with E-state index in [-0.39, 0.29) is 24.3 Å². The van der Waals surface area contributed by atoms with E-state index in [1.54, 1.807) is 17.0 Å². The number of carbonyl (C=O) groups excluding carboxylic acids is 3. The number of fused-ring (bicyclic) bond motifs is 1. The van der Waals surface area contributed by atoms with E-state index >= 15 is 0 Å². The van der Waals surface area contributed by atoms with Crippen LogP contribution >= 0.6 is 0 Å². The van der Waals surface area contributed by atoms with E-state index in [9.17, 15) is 14.4 Å². The van der Waals surface area contributed by atoms with Crippen LogP contribution in [-0.4, -0.2) is 68.1 Å². The zero-order valence-corrected chi connectivity index (χ0v) is 16.9.